The van der Waals surface area contributed by atoms with Crippen molar-refractivity contribution in [3.63, 3.8) is 0 Å². The molecular formula is C29H40N2O3S2. The zero-order chi connectivity index (χ0) is 26.1. The van der Waals surface area contributed by atoms with Crippen LogP contribution in [0.1, 0.15) is 68.6 Å². The number of para-hydroxylation sites is 1. The molecule has 0 bridgehead atoms. The van der Waals surface area contributed by atoms with E-state index in [1.165, 1.54) is 27.8 Å². The Morgan fingerprint density at radius 3 is 2.06 bits per heavy atom. The number of carbonyl (C=O) groups excluding carboxylic acids is 2. The van der Waals surface area contributed by atoms with Gasteiger partial charge in [0.15, 0.2) is 0 Å². The van der Waals surface area contributed by atoms with E-state index in [9.17, 15) is 14.7 Å². The van der Waals surface area contributed by atoms with Gasteiger partial charge >= 0.3 is 0 Å². The number of carbonyl (C=O) groups is 2. The van der Waals surface area contributed by atoms with Crippen LogP contribution in [0.3, 0.4) is 0 Å². The lowest BCUT2D eigenvalue weighted by molar-refractivity contribution is -0.119. The minimum absolute atomic E-state index is 0.0121. The summed E-state index contributed by atoms with van der Waals surface area (Å²) in [5, 5.41) is 12.4. The lowest BCUT2D eigenvalue weighted by Gasteiger charge is -2.06. The molecule has 0 spiro atoms. The minimum atomic E-state index is -0.308. The molecule has 0 aromatic heterocycles. The summed E-state index contributed by atoms with van der Waals surface area (Å²) in [6.45, 7) is 2.59. The van der Waals surface area contributed by atoms with Crippen molar-refractivity contribution >= 4 is 33.6 Å². The van der Waals surface area contributed by atoms with Gasteiger partial charge in [-0.2, -0.15) is 0 Å². The van der Waals surface area contributed by atoms with Crippen LogP contribution < -0.4 is 10.0 Å². The third-order valence-corrected chi connectivity index (χ3v) is 6.67. The van der Waals surface area contributed by atoms with E-state index in [0.717, 1.165) is 44.9 Å². The quantitative estimate of drug-likeness (QED) is 0.0752. The van der Waals surface area contributed by atoms with Gasteiger partial charge in [-0.3, -0.25) is 14.3 Å². The van der Waals surface area contributed by atoms with Gasteiger partial charge < -0.3 is 10.4 Å². The van der Waals surface area contributed by atoms with E-state index in [0.29, 0.717) is 18.7 Å². The van der Waals surface area contributed by atoms with Crippen molar-refractivity contribution in [3.8, 4) is 5.75 Å². The molecule has 0 aliphatic carbocycles. The van der Waals surface area contributed by atoms with Crippen LogP contribution in [0.2, 0.25) is 0 Å². The maximum Gasteiger partial charge on any atom is 0.255 e. The Hall–Kier alpha value is -2.64. The molecule has 1 rings (SSSR count). The van der Waals surface area contributed by atoms with Crippen molar-refractivity contribution in [3.05, 3.63) is 90.6 Å². The van der Waals surface area contributed by atoms with Crippen LogP contribution in [0.5, 0.6) is 5.75 Å². The van der Waals surface area contributed by atoms with Crippen LogP contribution in [-0.4, -0.2) is 29.2 Å². The van der Waals surface area contributed by atoms with E-state index in [4.69, 9.17) is 0 Å². The lowest BCUT2D eigenvalue weighted by atomic mass is 10.2. The summed E-state index contributed by atoms with van der Waals surface area (Å²) in [5.74, 6) is 0.314. The number of hydrogen-bond donors (Lipinski definition) is 3. The highest BCUT2D eigenvalue weighted by Crippen LogP contribution is 2.18. The topological polar surface area (TPSA) is 78.4 Å². The zero-order valence-electron chi connectivity index (χ0n) is 21.2. The number of hydrogen-bond acceptors (Lipinski definition) is 5. The number of aromatic hydroxyl groups is 1. The molecule has 0 saturated heterocycles. The first-order valence-electron chi connectivity index (χ1n) is 12.5. The Morgan fingerprint density at radius 1 is 0.861 bits per heavy atom. The highest BCUT2D eigenvalue weighted by molar-refractivity contribution is 8.76. The van der Waals surface area contributed by atoms with E-state index in [2.05, 4.69) is 77.7 Å². The molecule has 2 amide bonds. The van der Waals surface area contributed by atoms with Gasteiger partial charge in [-0.15, -0.1) is 0 Å². The summed E-state index contributed by atoms with van der Waals surface area (Å²) < 4.78 is 2.81. The van der Waals surface area contributed by atoms with Gasteiger partial charge in [-0.25, -0.2) is 0 Å². The first-order chi connectivity index (χ1) is 17.6. The molecule has 1 aromatic rings. The lowest BCUT2D eigenvalue weighted by Crippen LogP contribution is -2.25. The van der Waals surface area contributed by atoms with E-state index in [-0.39, 0.29) is 23.1 Å². The number of unbranched alkanes of at least 4 members (excludes halogenated alkanes) is 1. The highest BCUT2D eigenvalue weighted by Gasteiger charge is 2.09. The van der Waals surface area contributed by atoms with Crippen molar-refractivity contribution in [2.45, 2.75) is 58.3 Å². The first kappa shape index (κ1) is 31.4. The number of phenols is 1. The molecule has 0 radical (unpaired) electrons. The molecular weight excluding hydrogens is 488 g/mol. The minimum Gasteiger partial charge on any atom is -0.507 e. The van der Waals surface area contributed by atoms with Gasteiger partial charge in [0, 0.05) is 29.7 Å². The Morgan fingerprint density at radius 2 is 1.44 bits per heavy atom. The summed E-state index contributed by atoms with van der Waals surface area (Å²) in [6.07, 6.45) is 28.9. The first-order valence-corrected chi connectivity index (χ1v) is 14.9. The molecule has 1 aromatic carbocycles. The molecule has 0 fully saturated rings. The molecule has 3 N–H and O–H groups in total. The van der Waals surface area contributed by atoms with Gasteiger partial charge in [0.05, 0.1) is 5.56 Å². The second-order valence-electron chi connectivity index (χ2n) is 7.80. The van der Waals surface area contributed by atoms with Crippen molar-refractivity contribution in [1.82, 2.24) is 10.0 Å². The number of phenolic OH excluding ortho intramolecular Hbond substituents is 1. The maximum absolute atomic E-state index is 12.0. The fourth-order valence-electron chi connectivity index (χ4n) is 2.88. The van der Waals surface area contributed by atoms with E-state index in [1.54, 1.807) is 18.2 Å². The van der Waals surface area contributed by atoms with Gasteiger partial charge in [-0.05, 0) is 57.1 Å². The molecule has 36 heavy (non-hydrogen) atoms. The normalized spacial score (nSPS) is 12.0. The highest BCUT2D eigenvalue weighted by atomic mass is 33.1. The Labute approximate surface area is 224 Å². The molecule has 0 aliphatic rings. The molecule has 0 saturated carbocycles. The fourth-order valence-corrected chi connectivity index (χ4v) is 4.36. The Bertz CT molecular complexity index is 892. The van der Waals surface area contributed by atoms with Crippen molar-refractivity contribution in [2.24, 2.45) is 0 Å². The SMILES string of the molecule is CC/C=C\C/C=C\C/C=C\C/C=C\C/C=C\CCCC(=O)NSSCCNC(=O)c1ccccc1O. The van der Waals surface area contributed by atoms with Crippen LogP contribution in [-0.2, 0) is 4.79 Å². The van der Waals surface area contributed by atoms with E-state index in [1.807, 2.05) is 0 Å². The van der Waals surface area contributed by atoms with Gasteiger partial charge in [0.1, 0.15) is 5.75 Å². The average molecular weight is 529 g/mol. The van der Waals surface area contributed by atoms with E-state index < -0.39 is 0 Å². The monoisotopic (exact) mass is 528 g/mol. The van der Waals surface area contributed by atoms with Crippen molar-refractivity contribution < 1.29 is 14.7 Å². The van der Waals surface area contributed by atoms with Gasteiger partial charge in [0.25, 0.3) is 5.91 Å². The Balaban J connectivity index is 1.94. The van der Waals surface area contributed by atoms with E-state index >= 15 is 0 Å². The zero-order valence-corrected chi connectivity index (χ0v) is 22.9. The summed E-state index contributed by atoms with van der Waals surface area (Å²) in [7, 11) is 2.74. The molecule has 0 atom stereocenters. The van der Waals surface area contributed by atoms with Crippen LogP contribution in [0.25, 0.3) is 0 Å². The third-order valence-electron chi connectivity index (χ3n) is 4.77. The molecule has 196 valence electrons. The Kier molecular flexibility index (Phi) is 19.9. The van der Waals surface area contributed by atoms with Crippen LogP contribution in [0, 0.1) is 0 Å². The standard InChI is InChI=1S/C29H40N2O3S2/c1-2-3-4-5-6-7-8-9-10-11-12-13-14-15-16-17-18-23-28(33)31-36-35-25-24-30-29(34)26-21-19-20-22-27(26)32/h3-4,6-7,9-10,12-13,15-16,19-22,32H,2,5,8,11,14,17-18,23-25H2,1H3,(H,30,34)(H,31,33)/b4-3-,7-6-,10-9-,13-12-,16-15-. The summed E-state index contributed by atoms with van der Waals surface area (Å²) >= 11 is 0. The number of rotatable bonds is 19. The largest absolute Gasteiger partial charge is 0.507 e. The predicted molar refractivity (Wildman–Crippen MR) is 157 cm³/mol. The number of nitrogens with one attached hydrogen (secondary N) is 2. The number of amides is 2. The number of benzene rings is 1. The van der Waals surface area contributed by atoms with Crippen molar-refractivity contribution in [1.29, 1.82) is 0 Å². The molecule has 0 heterocycles. The summed E-state index contributed by atoms with van der Waals surface area (Å²) in [5.41, 5.74) is 0.260. The van der Waals surface area contributed by atoms with Crippen LogP contribution in [0.4, 0.5) is 0 Å². The summed E-state index contributed by atoms with van der Waals surface area (Å²) in [4.78, 5) is 23.8. The smallest absolute Gasteiger partial charge is 0.255 e. The molecule has 7 heteroatoms. The molecule has 5 nitrogen and oxygen atoms in total. The second-order valence-corrected chi connectivity index (χ2v) is 10.0. The fraction of sp³-hybridized carbons (Fsp3) is 0.379. The third kappa shape index (κ3) is 17.7. The molecule has 0 unspecified atom stereocenters. The summed E-state index contributed by atoms with van der Waals surface area (Å²) in [6, 6.07) is 6.43. The van der Waals surface area contributed by atoms with Crippen LogP contribution in [0.15, 0.2) is 85.0 Å². The van der Waals surface area contributed by atoms with Gasteiger partial charge in [-0.1, -0.05) is 90.6 Å². The van der Waals surface area contributed by atoms with Gasteiger partial charge in [0.2, 0.25) is 5.91 Å². The molecule has 0 aliphatic heterocycles. The van der Waals surface area contributed by atoms with Crippen LogP contribution >= 0.6 is 21.8 Å². The number of allylic oxidation sites excluding steroid dienone is 10. The second kappa shape index (κ2) is 22.8. The maximum atomic E-state index is 12.0. The average Bonchev–Trinajstić information content (AvgIpc) is 2.88. The van der Waals surface area contributed by atoms with Crippen molar-refractivity contribution in [2.75, 3.05) is 12.3 Å². The predicted octanol–water partition coefficient (Wildman–Crippen LogP) is 7.46.